The van der Waals surface area contributed by atoms with Crippen LogP contribution in [0.1, 0.15) is 95.6 Å². The van der Waals surface area contributed by atoms with Crippen molar-refractivity contribution in [3.05, 3.63) is 83.9 Å². The number of nitrogens with zero attached hydrogens (tertiary/aromatic N) is 2. The van der Waals surface area contributed by atoms with Gasteiger partial charge in [-0.05, 0) is 35.8 Å². The Kier molecular flexibility index (Phi) is 17.7. The van der Waals surface area contributed by atoms with E-state index >= 15 is 0 Å². The Morgan fingerprint density at radius 3 is 2.23 bits per heavy atom. The van der Waals surface area contributed by atoms with Crippen LogP contribution in [0.5, 0.6) is 0 Å². The molecule has 14 heteroatoms. The quantitative estimate of drug-likeness (QED) is 0.0981. The van der Waals surface area contributed by atoms with Crippen LogP contribution in [0, 0.1) is 17.8 Å². The van der Waals surface area contributed by atoms with Gasteiger partial charge in [-0.3, -0.25) is 24.0 Å². The number of amides is 5. The Morgan fingerprint density at radius 1 is 0.883 bits per heavy atom. The molecule has 2 fully saturated rings. The van der Waals surface area contributed by atoms with E-state index in [2.05, 4.69) is 21.3 Å². The van der Waals surface area contributed by atoms with Crippen molar-refractivity contribution in [3.8, 4) is 0 Å². The van der Waals surface area contributed by atoms with Gasteiger partial charge in [0.25, 0.3) is 0 Å². The van der Waals surface area contributed by atoms with E-state index in [-0.39, 0.29) is 55.9 Å². The van der Waals surface area contributed by atoms with Gasteiger partial charge in [0.05, 0.1) is 50.6 Å². The highest BCUT2D eigenvalue weighted by molar-refractivity contribution is 5.91. The number of esters is 1. The highest BCUT2D eigenvalue weighted by Crippen LogP contribution is 2.29. The van der Waals surface area contributed by atoms with E-state index in [1.165, 1.54) is 17.1 Å². The first-order chi connectivity index (χ1) is 29.0. The van der Waals surface area contributed by atoms with Gasteiger partial charge in [0, 0.05) is 25.9 Å². The summed E-state index contributed by atoms with van der Waals surface area (Å²) in [5.74, 6) is -3.09. The molecule has 1 aliphatic carbocycles. The average Bonchev–Trinajstić information content (AvgIpc) is 3.37. The summed E-state index contributed by atoms with van der Waals surface area (Å²) in [6.45, 7) is 4.90. The van der Waals surface area contributed by atoms with Crippen LogP contribution in [0.4, 0.5) is 0 Å². The first-order valence-electron chi connectivity index (χ1n) is 21.7. The van der Waals surface area contributed by atoms with E-state index in [1.807, 2.05) is 74.5 Å². The summed E-state index contributed by atoms with van der Waals surface area (Å²) in [5, 5.41) is 26.5. The third kappa shape index (κ3) is 13.2. The molecule has 0 radical (unpaired) electrons. The molecule has 5 rings (SSSR count). The Bertz CT molecular complexity index is 1770. The number of aliphatic hydroxyl groups excluding tert-OH is 1. The third-order valence-electron chi connectivity index (χ3n) is 12.2. The van der Waals surface area contributed by atoms with E-state index in [4.69, 9.17) is 4.74 Å². The number of benzene rings is 2. The van der Waals surface area contributed by atoms with Gasteiger partial charge in [0.2, 0.25) is 29.5 Å². The smallest absolute Gasteiger partial charge is 0.328 e. The maximum atomic E-state index is 14.1. The molecule has 5 N–H and O–H groups in total. The maximum Gasteiger partial charge on any atom is 0.328 e. The van der Waals surface area contributed by atoms with Crippen LogP contribution in [-0.4, -0.2) is 101 Å². The predicted molar refractivity (Wildman–Crippen MR) is 226 cm³/mol. The molecule has 1 saturated heterocycles. The van der Waals surface area contributed by atoms with Crippen molar-refractivity contribution in [2.24, 2.45) is 17.8 Å². The number of rotatable bonds is 20. The number of hydrazine groups is 1. The molecule has 5 amide bonds. The summed E-state index contributed by atoms with van der Waals surface area (Å²) in [5.41, 5.74) is 1.91. The van der Waals surface area contributed by atoms with Crippen LogP contribution in [0.3, 0.4) is 0 Å². The predicted octanol–water partition coefficient (Wildman–Crippen LogP) is 3.72. The summed E-state index contributed by atoms with van der Waals surface area (Å²) >= 11 is 0. The van der Waals surface area contributed by atoms with E-state index in [9.17, 15) is 33.9 Å². The van der Waals surface area contributed by atoms with Gasteiger partial charge < -0.3 is 31.1 Å². The molecule has 1 saturated carbocycles. The number of nitrogens with one attached hydrogen (secondary N) is 4. The SMILES string of the molecule is CC[C@H](C)[C@H](NC(=O)C[C@H](O)[C@H](CC1CCCCC1)NC(=O)CC1C=CCN2C(=O)CCC(CNCc3ccccc3)C(=O)N12)C(=O)N[C@@H](Cc1ccccc1)C(=O)OC. The minimum Gasteiger partial charge on any atom is -0.467 e. The van der Waals surface area contributed by atoms with Crippen LogP contribution in [-0.2, 0) is 46.5 Å². The molecular weight excluding hydrogens is 765 g/mol. The lowest BCUT2D eigenvalue weighted by Gasteiger charge is -2.41. The summed E-state index contributed by atoms with van der Waals surface area (Å²) in [6.07, 6.45) is 8.67. The van der Waals surface area contributed by atoms with E-state index in [1.54, 1.807) is 12.2 Å². The Morgan fingerprint density at radius 2 is 1.57 bits per heavy atom. The fourth-order valence-corrected chi connectivity index (χ4v) is 8.50. The Balaban J connectivity index is 1.24. The second kappa shape index (κ2) is 23.1. The van der Waals surface area contributed by atoms with E-state index in [0.29, 0.717) is 32.4 Å². The Labute approximate surface area is 354 Å². The highest BCUT2D eigenvalue weighted by Gasteiger charge is 2.41. The lowest BCUT2D eigenvalue weighted by atomic mass is 9.83. The zero-order valence-electron chi connectivity index (χ0n) is 35.4. The molecule has 3 aliphatic rings. The minimum atomic E-state index is -1.28. The molecule has 2 unspecified atom stereocenters. The summed E-state index contributed by atoms with van der Waals surface area (Å²) in [4.78, 5) is 81.3. The second-order valence-electron chi connectivity index (χ2n) is 16.6. The number of carbonyl (C=O) groups excluding carboxylic acids is 6. The lowest BCUT2D eigenvalue weighted by Crippen LogP contribution is -2.58. The molecule has 0 aromatic heterocycles. The number of fused-ring (bicyclic) bond motifs is 1. The zero-order valence-corrected chi connectivity index (χ0v) is 35.4. The van der Waals surface area contributed by atoms with Gasteiger partial charge in [-0.1, -0.05) is 125 Å². The number of hydrogen-bond donors (Lipinski definition) is 5. The first kappa shape index (κ1) is 46.0. The second-order valence-corrected chi connectivity index (χ2v) is 16.6. The van der Waals surface area contributed by atoms with Gasteiger partial charge in [-0.2, -0.15) is 0 Å². The standard InChI is InChI=1S/C46H64N6O8/c1-4-31(2)43(44(57)49-38(46(59)60-3)26-33-17-10-6-11-18-33)50-41(55)28-39(53)37(25-32-15-8-5-9-16-32)48-40(54)27-36-21-14-24-51-42(56)23-22-35(45(58)52(36)51)30-47-29-34-19-12-7-13-20-34/h6-7,10-14,17-21,31-32,35-39,43,47,53H,4-5,8-9,15-16,22-30H2,1-3H3,(H,48,54)(H,49,57)(H,50,55)/t31-,35?,36?,37-,38-,39-,43-/m0/s1. The summed E-state index contributed by atoms with van der Waals surface area (Å²) in [6, 6.07) is 15.6. The van der Waals surface area contributed by atoms with E-state index < -0.39 is 59.9 Å². The van der Waals surface area contributed by atoms with Crippen molar-refractivity contribution in [2.75, 3.05) is 20.2 Å². The normalized spacial score (nSPS) is 20.8. The average molecular weight is 829 g/mol. The number of hydrogen-bond acceptors (Lipinski definition) is 9. The van der Waals surface area contributed by atoms with Crippen molar-refractivity contribution in [1.82, 2.24) is 31.3 Å². The summed E-state index contributed by atoms with van der Waals surface area (Å²) in [7, 11) is 1.25. The maximum absolute atomic E-state index is 14.1. The third-order valence-corrected chi connectivity index (χ3v) is 12.2. The van der Waals surface area contributed by atoms with Gasteiger partial charge in [-0.25, -0.2) is 14.8 Å². The van der Waals surface area contributed by atoms with Crippen LogP contribution >= 0.6 is 0 Å². The lowest BCUT2D eigenvalue weighted by molar-refractivity contribution is -0.167. The fourth-order valence-electron chi connectivity index (χ4n) is 8.50. The van der Waals surface area contributed by atoms with Crippen molar-refractivity contribution in [2.45, 2.75) is 128 Å². The van der Waals surface area contributed by atoms with Gasteiger partial charge >= 0.3 is 5.97 Å². The molecule has 7 atom stereocenters. The van der Waals surface area contributed by atoms with Gasteiger partial charge in [0.1, 0.15) is 12.1 Å². The van der Waals surface area contributed by atoms with Crippen LogP contribution < -0.4 is 21.3 Å². The molecule has 14 nitrogen and oxygen atoms in total. The number of ether oxygens (including phenoxy) is 1. The zero-order chi connectivity index (χ0) is 43.0. The number of methoxy groups -OCH3 is 1. The molecule has 2 heterocycles. The monoisotopic (exact) mass is 828 g/mol. The van der Waals surface area contributed by atoms with Crippen LogP contribution in [0.25, 0.3) is 0 Å². The van der Waals surface area contributed by atoms with Gasteiger partial charge in [-0.15, -0.1) is 0 Å². The molecular formula is C46H64N6O8. The van der Waals surface area contributed by atoms with Crippen molar-refractivity contribution < 1.29 is 38.6 Å². The van der Waals surface area contributed by atoms with Crippen molar-refractivity contribution in [1.29, 1.82) is 0 Å². The molecule has 2 aromatic carbocycles. The van der Waals surface area contributed by atoms with Crippen LogP contribution in [0.2, 0.25) is 0 Å². The number of carbonyl (C=O) groups is 6. The topological polar surface area (TPSA) is 186 Å². The van der Waals surface area contributed by atoms with Gasteiger partial charge in [0.15, 0.2) is 0 Å². The fraction of sp³-hybridized carbons (Fsp3) is 0.565. The molecule has 2 aromatic rings. The highest BCUT2D eigenvalue weighted by atomic mass is 16.5. The van der Waals surface area contributed by atoms with E-state index in [0.717, 1.165) is 43.2 Å². The molecule has 326 valence electrons. The molecule has 0 spiro atoms. The van der Waals surface area contributed by atoms with Crippen molar-refractivity contribution >= 4 is 35.5 Å². The summed E-state index contributed by atoms with van der Waals surface area (Å²) < 4.78 is 4.98. The first-order valence-corrected chi connectivity index (χ1v) is 21.7. The molecule has 2 aliphatic heterocycles. The molecule has 60 heavy (non-hydrogen) atoms. The van der Waals surface area contributed by atoms with Crippen LogP contribution in [0.15, 0.2) is 72.8 Å². The largest absolute Gasteiger partial charge is 0.467 e. The number of aliphatic hydroxyl groups is 1. The Hall–Kier alpha value is -5.08. The van der Waals surface area contributed by atoms with Crippen molar-refractivity contribution in [3.63, 3.8) is 0 Å². The molecule has 0 bridgehead atoms. The minimum absolute atomic E-state index is 0.142.